The predicted octanol–water partition coefficient (Wildman–Crippen LogP) is 5.55. The van der Waals surface area contributed by atoms with Crippen LogP contribution < -0.4 is 16.4 Å². The number of hydrogen-bond acceptors (Lipinski definition) is 7. The monoisotopic (exact) mass is 624 g/mol. The van der Waals surface area contributed by atoms with Gasteiger partial charge in [0.15, 0.2) is 0 Å². The van der Waals surface area contributed by atoms with Gasteiger partial charge >= 0.3 is 5.97 Å². The Balaban J connectivity index is 5.10. The third-order valence-electron chi connectivity index (χ3n) is 7.99. The van der Waals surface area contributed by atoms with Crippen molar-refractivity contribution in [3.63, 3.8) is 0 Å². The van der Waals surface area contributed by atoms with Crippen LogP contribution in [0.4, 0.5) is 0 Å². The molecular weight excluding hydrogens is 560 g/mol. The highest BCUT2D eigenvalue weighted by Crippen LogP contribution is 2.17. The van der Waals surface area contributed by atoms with Crippen LogP contribution in [-0.2, 0) is 28.7 Å². The van der Waals surface area contributed by atoms with E-state index < -0.39 is 29.9 Å². The van der Waals surface area contributed by atoms with Crippen LogP contribution in [0.3, 0.4) is 0 Å². The Bertz CT molecular complexity index is 820. The lowest BCUT2D eigenvalue weighted by atomic mass is 10.00. The number of amides is 4. The molecule has 0 fully saturated rings. The molecule has 0 aromatic carbocycles. The van der Waals surface area contributed by atoms with E-state index in [2.05, 4.69) is 24.5 Å². The number of imide groups is 1. The number of ether oxygens (including phenoxy) is 1. The van der Waals surface area contributed by atoms with Crippen molar-refractivity contribution in [1.29, 1.82) is 0 Å². The minimum absolute atomic E-state index is 0.0300. The molecular formula is C34H64N4O6. The van der Waals surface area contributed by atoms with Crippen LogP contribution in [0.15, 0.2) is 0 Å². The fraction of sp³-hybridized carbons (Fsp3) is 0.853. The summed E-state index contributed by atoms with van der Waals surface area (Å²) < 4.78 is 4.85. The first-order chi connectivity index (χ1) is 21.1. The number of carbonyl (C=O) groups is 5. The van der Waals surface area contributed by atoms with Crippen molar-refractivity contribution in [3.8, 4) is 0 Å². The maximum Gasteiger partial charge on any atom is 0.307 e. The molecule has 10 heteroatoms. The zero-order valence-electron chi connectivity index (χ0n) is 28.6. The second kappa shape index (κ2) is 26.9. The Morgan fingerprint density at radius 1 is 0.705 bits per heavy atom. The fourth-order valence-corrected chi connectivity index (χ4v) is 5.04. The second-order valence-electron chi connectivity index (χ2n) is 12.3. The number of unbranched alkanes of at least 4 members (excludes halogenated alkanes) is 12. The van der Waals surface area contributed by atoms with Crippen molar-refractivity contribution in [2.75, 3.05) is 20.2 Å². The average molecular weight is 625 g/mol. The minimum Gasteiger partial charge on any atom is -0.469 e. The summed E-state index contributed by atoms with van der Waals surface area (Å²) >= 11 is 0. The summed E-state index contributed by atoms with van der Waals surface area (Å²) in [5.41, 5.74) is 6.16. The third kappa shape index (κ3) is 20.5. The van der Waals surface area contributed by atoms with Gasteiger partial charge in [-0.25, -0.2) is 0 Å². The van der Waals surface area contributed by atoms with Crippen molar-refractivity contribution in [3.05, 3.63) is 0 Å². The number of methoxy groups -OCH3 is 1. The van der Waals surface area contributed by atoms with Crippen LogP contribution in [-0.4, -0.2) is 66.8 Å². The molecule has 0 rings (SSSR count). The number of carbonyl (C=O) groups excluding carboxylic acids is 5. The SMILES string of the molecule is CCCCCCCCCC(=O)NCCC[C@@H](CC(=O)OC)N(C(=O)CNC(=O)CCCCCCCCC)C(=O)[C@@H](N)C(C)C. The largest absolute Gasteiger partial charge is 0.469 e. The zero-order chi connectivity index (χ0) is 33.2. The van der Waals surface area contributed by atoms with Crippen LogP contribution in [0.2, 0.25) is 0 Å². The number of rotatable bonds is 27. The highest BCUT2D eigenvalue weighted by molar-refractivity contribution is 6.00. The van der Waals surface area contributed by atoms with E-state index in [1.54, 1.807) is 13.8 Å². The number of nitrogens with one attached hydrogen (secondary N) is 2. The van der Waals surface area contributed by atoms with E-state index in [-0.39, 0.29) is 37.1 Å². The van der Waals surface area contributed by atoms with Crippen molar-refractivity contribution < 1.29 is 28.7 Å². The normalized spacial score (nSPS) is 12.4. The molecule has 0 aromatic rings. The van der Waals surface area contributed by atoms with Crippen LogP contribution in [0.5, 0.6) is 0 Å². The Morgan fingerprint density at radius 3 is 1.66 bits per heavy atom. The van der Waals surface area contributed by atoms with Crippen LogP contribution in [0.1, 0.15) is 150 Å². The molecule has 0 aromatic heterocycles. The zero-order valence-corrected chi connectivity index (χ0v) is 28.6. The predicted molar refractivity (Wildman–Crippen MR) is 176 cm³/mol. The maximum atomic E-state index is 13.4. The molecule has 0 unspecified atom stereocenters. The van der Waals surface area contributed by atoms with E-state index in [1.807, 2.05) is 0 Å². The molecule has 44 heavy (non-hydrogen) atoms. The van der Waals surface area contributed by atoms with Gasteiger partial charge in [-0.2, -0.15) is 0 Å². The summed E-state index contributed by atoms with van der Waals surface area (Å²) in [6, 6.07) is -1.77. The molecule has 0 aliphatic carbocycles. The van der Waals surface area contributed by atoms with Gasteiger partial charge in [-0.15, -0.1) is 0 Å². The molecule has 4 N–H and O–H groups in total. The van der Waals surface area contributed by atoms with Gasteiger partial charge in [0.2, 0.25) is 23.6 Å². The summed E-state index contributed by atoms with van der Waals surface area (Å²) in [5, 5.41) is 5.55. The van der Waals surface area contributed by atoms with Gasteiger partial charge in [0.05, 0.1) is 32.2 Å². The van der Waals surface area contributed by atoms with Gasteiger partial charge in [0, 0.05) is 19.4 Å². The Labute approximate surface area is 267 Å². The topological polar surface area (TPSA) is 148 Å². The van der Waals surface area contributed by atoms with Gasteiger partial charge in [0.1, 0.15) is 0 Å². The molecule has 0 aliphatic rings. The quantitative estimate of drug-likeness (QED) is 0.0802. The number of nitrogens with zero attached hydrogens (tertiary/aromatic N) is 1. The van der Waals surface area contributed by atoms with Gasteiger partial charge < -0.3 is 21.1 Å². The number of nitrogens with two attached hydrogens (primary N) is 1. The first-order valence-corrected chi connectivity index (χ1v) is 17.3. The summed E-state index contributed by atoms with van der Waals surface area (Å²) in [4.78, 5) is 64.9. The molecule has 0 radical (unpaired) electrons. The first kappa shape index (κ1) is 41.5. The summed E-state index contributed by atoms with van der Waals surface area (Å²) in [5.74, 6) is -2.29. The molecule has 0 saturated heterocycles. The summed E-state index contributed by atoms with van der Waals surface area (Å²) in [7, 11) is 1.25. The van der Waals surface area contributed by atoms with Crippen molar-refractivity contribution in [2.45, 2.75) is 162 Å². The second-order valence-corrected chi connectivity index (χ2v) is 12.3. The van der Waals surface area contributed by atoms with Gasteiger partial charge in [-0.05, 0) is 31.6 Å². The Morgan fingerprint density at radius 2 is 1.18 bits per heavy atom. The van der Waals surface area contributed by atoms with Gasteiger partial charge in [0.25, 0.3) is 0 Å². The van der Waals surface area contributed by atoms with E-state index in [0.717, 1.165) is 49.8 Å². The first-order valence-electron chi connectivity index (χ1n) is 17.3. The average Bonchev–Trinajstić information content (AvgIpc) is 3.00. The molecule has 10 nitrogen and oxygen atoms in total. The summed E-state index contributed by atoms with van der Waals surface area (Å²) in [6.45, 7) is 7.92. The molecule has 0 aliphatic heterocycles. The molecule has 0 spiro atoms. The molecule has 4 amide bonds. The maximum absolute atomic E-state index is 13.4. The van der Waals surface area contributed by atoms with E-state index in [9.17, 15) is 24.0 Å². The van der Waals surface area contributed by atoms with E-state index in [0.29, 0.717) is 25.8 Å². The molecule has 256 valence electrons. The van der Waals surface area contributed by atoms with Gasteiger partial charge in [-0.3, -0.25) is 28.9 Å². The molecule has 0 saturated carbocycles. The molecule has 2 atom stereocenters. The van der Waals surface area contributed by atoms with Crippen LogP contribution >= 0.6 is 0 Å². The van der Waals surface area contributed by atoms with Crippen molar-refractivity contribution in [2.24, 2.45) is 11.7 Å². The van der Waals surface area contributed by atoms with Crippen molar-refractivity contribution >= 4 is 29.6 Å². The highest BCUT2D eigenvalue weighted by atomic mass is 16.5. The van der Waals surface area contributed by atoms with E-state index in [4.69, 9.17) is 10.5 Å². The summed E-state index contributed by atoms with van der Waals surface area (Å²) in [6.07, 6.45) is 16.8. The smallest absolute Gasteiger partial charge is 0.307 e. The van der Waals surface area contributed by atoms with Crippen molar-refractivity contribution in [1.82, 2.24) is 15.5 Å². The lowest BCUT2D eigenvalue weighted by Gasteiger charge is -2.32. The number of hydrogen-bond donors (Lipinski definition) is 3. The minimum atomic E-state index is -0.954. The van der Waals surface area contributed by atoms with Crippen LogP contribution in [0.25, 0.3) is 0 Å². The highest BCUT2D eigenvalue weighted by Gasteiger charge is 2.35. The molecule has 0 heterocycles. The Kier molecular flexibility index (Phi) is 25.4. The fourth-order valence-electron chi connectivity index (χ4n) is 5.04. The third-order valence-corrected chi connectivity index (χ3v) is 7.99. The van der Waals surface area contributed by atoms with E-state index in [1.165, 1.54) is 52.1 Å². The van der Waals surface area contributed by atoms with E-state index >= 15 is 0 Å². The Hall–Kier alpha value is -2.49. The molecule has 0 bridgehead atoms. The lowest BCUT2D eigenvalue weighted by molar-refractivity contribution is -0.152. The standard InChI is InChI=1S/C34H64N4O6/c1-6-8-10-12-14-16-18-22-29(39)36-24-20-21-28(25-32(42)44-5)38(34(43)33(35)27(3)4)31(41)26-37-30(40)23-19-17-15-13-11-9-7-2/h27-28,33H,6-26,35H2,1-5H3,(H,36,39)(H,37,40)/t28-,33-/m0/s1. The lowest BCUT2D eigenvalue weighted by Crippen LogP contribution is -2.56. The van der Waals surface area contributed by atoms with Crippen LogP contribution in [0, 0.1) is 5.92 Å². The van der Waals surface area contributed by atoms with Gasteiger partial charge in [-0.1, -0.05) is 105 Å². The number of esters is 1.